The zero-order valence-electron chi connectivity index (χ0n) is 43.2. The minimum Gasteiger partial charge on any atom is -0.501 e. The zero-order valence-corrected chi connectivity index (χ0v) is 44.0. The number of anilines is 4. The van der Waals surface area contributed by atoms with E-state index >= 15 is 0 Å². The molecule has 18 heteroatoms. The van der Waals surface area contributed by atoms with Gasteiger partial charge in [0.15, 0.2) is 23.0 Å². The van der Waals surface area contributed by atoms with E-state index in [0.717, 1.165) is 16.9 Å². The van der Waals surface area contributed by atoms with Crippen molar-refractivity contribution in [3.63, 3.8) is 0 Å². The second-order valence-corrected chi connectivity index (χ2v) is 17.0. The number of Topliss-reactive ketones (excluding diaryl/α,β-unsaturated/α-hetero) is 1. The Morgan fingerprint density at radius 2 is 1.12 bits per heavy atom. The fourth-order valence-electron chi connectivity index (χ4n) is 6.49. The normalized spacial score (nSPS) is 10.4. The first-order chi connectivity index (χ1) is 35.8. The van der Waals surface area contributed by atoms with E-state index in [2.05, 4.69) is 20.7 Å². The van der Waals surface area contributed by atoms with Crippen LogP contribution in [0.25, 0.3) is 16.9 Å². The van der Waals surface area contributed by atoms with Crippen LogP contribution >= 0.6 is 11.3 Å². The summed E-state index contributed by atoms with van der Waals surface area (Å²) >= 11 is 1.39. The van der Waals surface area contributed by atoms with E-state index in [1.807, 2.05) is 55.6 Å². The molecule has 3 aromatic heterocycles. The molecule has 4 aromatic carbocycles. The molecule has 0 aliphatic heterocycles. The summed E-state index contributed by atoms with van der Waals surface area (Å²) in [5.74, 6) is -0.839. The molecule has 0 bridgehead atoms. The highest BCUT2D eigenvalue weighted by atomic mass is 32.1. The minimum absolute atomic E-state index is 0.00722. The summed E-state index contributed by atoms with van der Waals surface area (Å²) in [5, 5.41) is 11.5. The SMILES string of the molecule is CC(=O)N(C)c1cccc(-c2ccnc3c(C(=O)c4cccs4)cnn23)c1.CC(=O)Nc1cccc(C(C)=O)c1.CCO/C=C/C(=O)c1cccc(N(C)C(C)=O)c1.CCO/C=C/C(=O)c1cccc(NC(C)=O)c1. The Morgan fingerprint density at radius 1 is 0.613 bits per heavy atom. The van der Waals surface area contributed by atoms with Gasteiger partial charge in [-0.1, -0.05) is 54.6 Å². The number of carbonyl (C=O) groups is 8. The average molecular weight is 1030 g/mol. The molecule has 75 heavy (non-hydrogen) atoms. The van der Waals surface area contributed by atoms with Crippen molar-refractivity contribution in [2.75, 3.05) is 47.7 Å². The Hall–Kier alpha value is -9.16. The Kier molecular flexibility index (Phi) is 22.9. The van der Waals surface area contributed by atoms with Crippen LogP contribution in [0, 0.1) is 0 Å². The maximum absolute atomic E-state index is 12.7. The van der Waals surface area contributed by atoms with Crippen molar-refractivity contribution in [2.45, 2.75) is 48.5 Å². The number of hydrogen-bond acceptors (Lipinski definition) is 13. The smallest absolute Gasteiger partial charge is 0.223 e. The van der Waals surface area contributed by atoms with E-state index in [9.17, 15) is 38.4 Å². The number of nitrogens with one attached hydrogen (secondary N) is 2. The third-order valence-electron chi connectivity index (χ3n) is 10.4. The van der Waals surface area contributed by atoms with Crippen LogP contribution in [0.3, 0.4) is 0 Å². The van der Waals surface area contributed by atoms with Gasteiger partial charge in [-0.15, -0.1) is 11.3 Å². The molecule has 0 spiro atoms. The molecule has 0 radical (unpaired) electrons. The monoisotopic (exact) mass is 1030 g/mol. The summed E-state index contributed by atoms with van der Waals surface area (Å²) in [6.45, 7) is 12.1. The van der Waals surface area contributed by atoms with Crippen molar-refractivity contribution in [3.05, 3.63) is 185 Å². The first-order valence-corrected chi connectivity index (χ1v) is 24.2. The number of allylic oxidation sites excluding steroid dienone is 2. The number of aromatic nitrogens is 3. The second kappa shape index (κ2) is 29.4. The molecule has 0 unspecified atom stereocenters. The third-order valence-corrected chi connectivity index (χ3v) is 11.3. The molecule has 0 saturated heterocycles. The van der Waals surface area contributed by atoms with Gasteiger partial charge >= 0.3 is 0 Å². The minimum atomic E-state index is -0.167. The number of ketones is 4. The van der Waals surface area contributed by atoms with E-state index in [4.69, 9.17) is 9.47 Å². The number of amides is 4. The van der Waals surface area contributed by atoms with Crippen molar-refractivity contribution in [3.8, 4) is 11.3 Å². The van der Waals surface area contributed by atoms with E-state index in [0.29, 0.717) is 63.1 Å². The highest BCUT2D eigenvalue weighted by Crippen LogP contribution is 2.27. The van der Waals surface area contributed by atoms with Gasteiger partial charge in [0.05, 0.1) is 48.1 Å². The summed E-state index contributed by atoms with van der Waals surface area (Å²) in [4.78, 5) is 99.7. The van der Waals surface area contributed by atoms with Crippen molar-refractivity contribution in [1.82, 2.24) is 14.6 Å². The number of rotatable bonds is 16. The van der Waals surface area contributed by atoms with Gasteiger partial charge in [0.25, 0.3) is 0 Å². The summed E-state index contributed by atoms with van der Waals surface area (Å²) in [5.41, 5.74) is 7.02. The van der Waals surface area contributed by atoms with Gasteiger partial charge in [-0.05, 0) is 86.8 Å². The van der Waals surface area contributed by atoms with Gasteiger partial charge in [-0.3, -0.25) is 38.4 Å². The zero-order chi connectivity index (χ0) is 55.0. The first-order valence-electron chi connectivity index (χ1n) is 23.4. The molecule has 0 fully saturated rings. The Bertz CT molecular complexity index is 3200. The predicted octanol–water partition coefficient (Wildman–Crippen LogP) is 10.3. The number of thiophene rings is 1. The van der Waals surface area contributed by atoms with Crippen LogP contribution in [0.5, 0.6) is 0 Å². The number of hydrogen-bond donors (Lipinski definition) is 2. The molecule has 0 aliphatic carbocycles. The highest BCUT2D eigenvalue weighted by molar-refractivity contribution is 7.12. The van der Waals surface area contributed by atoms with Crippen molar-refractivity contribution >= 4 is 86.5 Å². The molecule has 17 nitrogen and oxygen atoms in total. The number of nitrogens with zero attached hydrogens (tertiary/aromatic N) is 5. The van der Waals surface area contributed by atoms with Crippen molar-refractivity contribution < 1.29 is 47.8 Å². The van der Waals surface area contributed by atoms with Crippen LogP contribution in [-0.4, -0.2) is 88.7 Å². The maximum atomic E-state index is 12.7. The number of ether oxygens (including phenoxy) is 2. The summed E-state index contributed by atoms with van der Waals surface area (Å²) < 4.78 is 11.6. The summed E-state index contributed by atoms with van der Waals surface area (Å²) in [6.07, 6.45) is 8.70. The molecule has 388 valence electrons. The fourth-order valence-corrected chi connectivity index (χ4v) is 7.17. The van der Waals surface area contributed by atoms with Crippen LogP contribution in [-0.2, 0) is 28.7 Å². The number of benzene rings is 4. The topological polar surface area (TPSA) is 216 Å². The standard InChI is InChI=1S/C20H16N4O2S.C14H17NO3.C13H15NO3.C10H11NO2/c1-13(25)23(2)15-6-3-5-14(11-15)17-8-9-21-20-16(12-22-24(17)20)19(26)18-7-4-10-27-18;1-4-18-9-8-14(17)12-6-5-7-13(10-12)15(3)11(2)16;1-3-17-8-7-13(16)11-5-4-6-12(9-11)14-10(2)15;1-7(12)9-4-3-5-10(6-9)11-8(2)13/h3-12H,1-2H3;5-10H,4H2,1-3H3;4-9H,3H2,1-2H3,(H,14,15);3-6H,1-2H3,(H,11,13)/b;9-8+;8-7+;. The van der Waals surface area contributed by atoms with Crippen molar-refractivity contribution in [1.29, 1.82) is 0 Å². The van der Waals surface area contributed by atoms with Gasteiger partial charge < -0.3 is 29.9 Å². The molecule has 7 rings (SSSR count). The largest absolute Gasteiger partial charge is 0.501 e. The van der Waals surface area contributed by atoms with E-state index < -0.39 is 0 Å². The van der Waals surface area contributed by atoms with E-state index in [1.165, 1.54) is 75.5 Å². The van der Waals surface area contributed by atoms with E-state index in [-0.39, 0.29) is 46.8 Å². The van der Waals surface area contributed by atoms with E-state index in [1.54, 1.807) is 115 Å². The molecule has 3 heterocycles. The van der Waals surface area contributed by atoms with Crippen LogP contribution in [0.1, 0.15) is 94.8 Å². The molecule has 4 amide bonds. The van der Waals surface area contributed by atoms with Crippen LogP contribution in [0.15, 0.2) is 158 Å². The van der Waals surface area contributed by atoms with Gasteiger partial charge in [-0.25, -0.2) is 9.50 Å². The molecule has 7 aromatic rings. The van der Waals surface area contributed by atoms with Gasteiger partial charge in [-0.2, -0.15) is 5.10 Å². The average Bonchev–Trinajstić information content (AvgIpc) is 4.10. The lowest BCUT2D eigenvalue weighted by Crippen LogP contribution is -2.22. The highest BCUT2D eigenvalue weighted by Gasteiger charge is 2.19. The van der Waals surface area contributed by atoms with Gasteiger partial charge in [0.2, 0.25) is 29.4 Å². The molecular weight excluding hydrogens is 975 g/mol. The summed E-state index contributed by atoms with van der Waals surface area (Å²) in [6, 6.07) is 33.6. The maximum Gasteiger partial charge on any atom is 0.223 e. The van der Waals surface area contributed by atoms with Crippen LogP contribution < -0.4 is 20.4 Å². The number of fused-ring (bicyclic) bond motifs is 1. The Morgan fingerprint density at radius 3 is 1.63 bits per heavy atom. The van der Waals surface area contributed by atoms with Crippen molar-refractivity contribution in [2.24, 2.45) is 0 Å². The summed E-state index contributed by atoms with van der Waals surface area (Å²) in [7, 11) is 3.40. The quantitative estimate of drug-likeness (QED) is 0.0525. The molecule has 0 aliphatic rings. The molecular formula is C57H59N7O10S. The Balaban J connectivity index is 0.000000225. The molecule has 2 N–H and O–H groups in total. The lowest BCUT2D eigenvalue weighted by molar-refractivity contribution is -0.117. The third kappa shape index (κ3) is 18.1. The first kappa shape index (κ1) is 58.4. The lowest BCUT2D eigenvalue weighted by atomic mass is 10.1. The van der Waals surface area contributed by atoms with Gasteiger partial charge in [0.1, 0.15) is 0 Å². The second-order valence-electron chi connectivity index (χ2n) is 16.0. The fraction of sp³-hybridized carbons (Fsp3) is 0.193. The predicted molar refractivity (Wildman–Crippen MR) is 292 cm³/mol. The number of carbonyl (C=O) groups excluding carboxylic acids is 8. The lowest BCUT2D eigenvalue weighted by Gasteiger charge is -2.16. The Labute approximate surface area is 439 Å². The van der Waals surface area contributed by atoms with Crippen LogP contribution in [0.4, 0.5) is 22.7 Å². The molecule has 0 saturated carbocycles. The molecule has 0 atom stereocenters. The van der Waals surface area contributed by atoms with Crippen LogP contribution in [0.2, 0.25) is 0 Å². The van der Waals surface area contributed by atoms with Gasteiger partial charge in [0, 0.05) is 105 Å².